The highest BCUT2D eigenvalue weighted by molar-refractivity contribution is 7.90. The Hall–Kier alpha value is -4.37. The van der Waals surface area contributed by atoms with Crippen LogP contribution in [-0.4, -0.2) is 30.5 Å². The van der Waals surface area contributed by atoms with Gasteiger partial charge in [0.1, 0.15) is 11.6 Å². The monoisotopic (exact) mass is 559 g/mol. The molecule has 6 nitrogen and oxygen atoms in total. The maximum Gasteiger partial charge on any atom is 0.225 e. The molecule has 9 heteroatoms. The lowest BCUT2D eigenvalue weighted by Crippen LogP contribution is -2.32. The molecule has 5 rings (SSSR count). The number of benzene rings is 3. The minimum Gasteiger partial charge on any atom is -0.361 e. The molecule has 1 atom stereocenters. The van der Waals surface area contributed by atoms with Gasteiger partial charge in [-0.1, -0.05) is 29.8 Å². The third-order valence-electron chi connectivity index (χ3n) is 6.73. The number of pyridine rings is 1. The third-order valence-corrected chi connectivity index (χ3v) is 7.86. The lowest BCUT2D eigenvalue weighted by molar-refractivity contribution is -0.121. The number of sulfone groups is 1. The summed E-state index contributed by atoms with van der Waals surface area (Å²) in [6.45, 7) is 1.98. The molecule has 3 aromatic carbocycles. The van der Waals surface area contributed by atoms with E-state index in [-0.39, 0.29) is 23.6 Å². The average molecular weight is 560 g/mol. The molecule has 2 aromatic heterocycles. The molecule has 1 amide bonds. The van der Waals surface area contributed by atoms with Gasteiger partial charge in [-0.25, -0.2) is 17.2 Å². The van der Waals surface area contributed by atoms with Crippen LogP contribution in [0.2, 0.25) is 0 Å². The van der Waals surface area contributed by atoms with Gasteiger partial charge < -0.3 is 10.3 Å². The Labute approximate surface area is 231 Å². The Morgan fingerprint density at radius 3 is 2.42 bits per heavy atom. The zero-order valence-corrected chi connectivity index (χ0v) is 22.7. The molecule has 0 spiro atoms. The van der Waals surface area contributed by atoms with E-state index in [2.05, 4.69) is 15.3 Å². The largest absolute Gasteiger partial charge is 0.361 e. The van der Waals surface area contributed by atoms with Crippen LogP contribution < -0.4 is 5.32 Å². The molecule has 0 fully saturated rings. The van der Waals surface area contributed by atoms with E-state index in [1.54, 1.807) is 30.6 Å². The summed E-state index contributed by atoms with van der Waals surface area (Å²) in [5, 5.41) is 3.98. The van der Waals surface area contributed by atoms with Gasteiger partial charge in [0, 0.05) is 41.2 Å². The molecule has 5 aromatic rings. The number of fused-ring (bicyclic) bond motifs is 1. The van der Waals surface area contributed by atoms with Crippen molar-refractivity contribution in [3.05, 3.63) is 119 Å². The van der Waals surface area contributed by atoms with E-state index in [1.165, 1.54) is 24.3 Å². The molecule has 0 aliphatic rings. The van der Waals surface area contributed by atoms with Crippen molar-refractivity contribution in [3.8, 4) is 11.1 Å². The highest BCUT2D eigenvalue weighted by Crippen LogP contribution is 2.30. The summed E-state index contributed by atoms with van der Waals surface area (Å²) in [7, 11) is -3.38. The van der Waals surface area contributed by atoms with Crippen LogP contribution in [0.15, 0.2) is 90.1 Å². The normalized spacial score (nSPS) is 12.4. The number of H-pyrrole nitrogens is 1. The first-order valence-corrected chi connectivity index (χ1v) is 14.5. The van der Waals surface area contributed by atoms with Crippen molar-refractivity contribution < 1.29 is 22.0 Å². The van der Waals surface area contributed by atoms with Crippen LogP contribution in [0.4, 0.5) is 8.78 Å². The third kappa shape index (κ3) is 6.10. The predicted molar refractivity (Wildman–Crippen MR) is 150 cm³/mol. The van der Waals surface area contributed by atoms with E-state index in [9.17, 15) is 22.0 Å². The number of hydrogen-bond acceptors (Lipinski definition) is 4. The number of rotatable bonds is 8. The smallest absolute Gasteiger partial charge is 0.225 e. The van der Waals surface area contributed by atoms with Crippen molar-refractivity contribution >= 4 is 26.6 Å². The van der Waals surface area contributed by atoms with Crippen molar-refractivity contribution in [3.63, 3.8) is 0 Å². The van der Waals surface area contributed by atoms with Gasteiger partial charge in [0.15, 0.2) is 9.84 Å². The number of aromatic nitrogens is 2. The molecular weight excluding hydrogens is 532 g/mol. The van der Waals surface area contributed by atoms with Crippen LogP contribution in [0, 0.1) is 18.6 Å². The average Bonchev–Trinajstić information content (AvgIpc) is 3.28. The fourth-order valence-electron chi connectivity index (χ4n) is 4.86. The zero-order chi connectivity index (χ0) is 28.4. The Kier molecular flexibility index (Phi) is 7.49. The van der Waals surface area contributed by atoms with Gasteiger partial charge in [-0.3, -0.25) is 9.78 Å². The molecule has 0 saturated heterocycles. The topological polar surface area (TPSA) is 91.9 Å². The number of nitrogens with zero attached hydrogens (tertiary/aromatic N) is 1. The number of aromatic amines is 1. The van der Waals surface area contributed by atoms with Gasteiger partial charge in [-0.2, -0.15) is 0 Å². The van der Waals surface area contributed by atoms with Crippen LogP contribution >= 0.6 is 0 Å². The van der Waals surface area contributed by atoms with Gasteiger partial charge in [-0.15, -0.1) is 0 Å². The second-order valence-electron chi connectivity index (χ2n) is 9.87. The number of amides is 1. The van der Waals surface area contributed by atoms with E-state index in [1.807, 2.05) is 31.2 Å². The van der Waals surface area contributed by atoms with Crippen LogP contribution in [0.5, 0.6) is 0 Å². The molecule has 0 aliphatic carbocycles. The molecule has 204 valence electrons. The predicted octanol–water partition coefficient (Wildman–Crippen LogP) is 5.86. The van der Waals surface area contributed by atoms with Crippen LogP contribution in [0.25, 0.3) is 22.0 Å². The van der Waals surface area contributed by atoms with E-state index in [0.29, 0.717) is 22.4 Å². The summed E-state index contributed by atoms with van der Waals surface area (Å²) >= 11 is 0. The van der Waals surface area contributed by atoms with Gasteiger partial charge in [0.25, 0.3) is 0 Å². The Bertz CT molecular complexity index is 1800. The van der Waals surface area contributed by atoms with Crippen LogP contribution in [0.3, 0.4) is 0 Å². The Balaban J connectivity index is 1.51. The quantitative estimate of drug-likeness (QED) is 0.249. The maximum absolute atomic E-state index is 14.1. The number of carbonyl (C=O) groups is 1. The van der Waals surface area contributed by atoms with Crippen LogP contribution in [-0.2, 0) is 27.5 Å². The molecule has 2 N–H and O–H groups in total. The molecular formula is C31H27F2N3O3S. The van der Waals surface area contributed by atoms with Gasteiger partial charge in [0.05, 0.1) is 23.1 Å². The van der Waals surface area contributed by atoms with Gasteiger partial charge in [0.2, 0.25) is 5.91 Å². The minimum absolute atomic E-state index is 0.0822. The molecule has 0 bridgehead atoms. The second kappa shape index (κ2) is 11.0. The first-order chi connectivity index (χ1) is 19.1. The molecule has 40 heavy (non-hydrogen) atoms. The summed E-state index contributed by atoms with van der Waals surface area (Å²) < 4.78 is 52.0. The minimum atomic E-state index is -3.38. The summed E-state index contributed by atoms with van der Waals surface area (Å²) in [6.07, 6.45) is 4.69. The van der Waals surface area contributed by atoms with E-state index in [0.717, 1.165) is 34.4 Å². The van der Waals surface area contributed by atoms with Crippen LogP contribution in [0.1, 0.15) is 28.4 Å². The van der Waals surface area contributed by atoms with Crippen molar-refractivity contribution in [1.82, 2.24) is 15.3 Å². The highest BCUT2D eigenvalue weighted by Gasteiger charge is 2.22. The number of aryl methyl sites for hydroxylation is 1. The molecule has 0 unspecified atom stereocenters. The fraction of sp³-hybridized carbons (Fsp3) is 0.161. The first-order valence-electron chi connectivity index (χ1n) is 12.6. The van der Waals surface area contributed by atoms with Crippen molar-refractivity contribution in [2.75, 3.05) is 6.26 Å². The summed E-state index contributed by atoms with van der Waals surface area (Å²) in [6, 6.07) is 18.4. The fourth-order valence-corrected chi connectivity index (χ4v) is 5.49. The molecule has 0 aliphatic heterocycles. The van der Waals surface area contributed by atoms with E-state index >= 15 is 0 Å². The SMILES string of the molecule is Cc1ccc2[nH]cc(CC(=O)N[C@@H](Cc3cc(F)cc(F)c3)c3ncccc3-c3ccc(S(C)(=O)=O)cc3)c2c1. The highest BCUT2D eigenvalue weighted by atomic mass is 32.2. The summed E-state index contributed by atoms with van der Waals surface area (Å²) in [4.78, 5) is 21.3. The number of carbonyl (C=O) groups excluding carboxylic acids is 1. The lowest BCUT2D eigenvalue weighted by Gasteiger charge is -2.22. The number of hydrogen-bond donors (Lipinski definition) is 2. The number of nitrogens with one attached hydrogen (secondary N) is 2. The zero-order valence-electron chi connectivity index (χ0n) is 21.9. The van der Waals surface area contributed by atoms with Crippen molar-refractivity contribution in [2.24, 2.45) is 0 Å². The molecule has 0 saturated carbocycles. The second-order valence-corrected chi connectivity index (χ2v) is 11.9. The molecule has 2 heterocycles. The van der Waals surface area contributed by atoms with E-state index in [4.69, 9.17) is 0 Å². The van der Waals surface area contributed by atoms with Gasteiger partial charge >= 0.3 is 0 Å². The Morgan fingerprint density at radius 1 is 1.00 bits per heavy atom. The van der Waals surface area contributed by atoms with Crippen molar-refractivity contribution in [1.29, 1.82) is 0 Å². The lowest BCUT2D eigenvalue weighted by atomic mass is 9.95. The van der Waals surface area contributed by atoms with Gasteiger partial charge in [-0.05, 0) is 72.5 Å². The molecule has 0 radical (unpaired) electrons. The first kappa shape index (κ1) is 27.2. The Morgan fingerprint density at radius 2 is 1.73 bits per heavy atom. The standard InChI is InChI=1S/C31H27F2N3O3S/c1-19-5-10-28-27(12-19)22(18-35-28)16-30(37)36-29(15-20-13-23(32)17-24(33)14-20)31-26(4-3-11-34-31)21-6-8-25(9-7-21)40(2,38)39/h3-14,17-18,29,35H,15-16H2,1-2H3,(H,36,37)/t29-/m0/s1. The van der Waals surface area contributed by atoms with Crippen molar-refractivity contribution in [2.45, 2.75) is 30.7 Å². The summed E-state index contributed by atoms with van der Waals surface area (Å²) in [5.74, 6) is -1.72. The maximum atomic E-state index is 14.1. The summed E-state index contributed by atoms with van der Waals surface area (Å²) in [5.41, 5.74) is 5.01. The van der Waals surface area contributed by atoms with E-state index < -0.39 is 27.5 Å². The number of halogens is 2.